The van der Waals surface area contributed by atoms with Crippen molar-refractivity contribution in [2.75, 3.05) is 24.7 Å². The SMILES string of the molecule is Cc1ccc(NC(=O)CN(C)C(=O)CSc2n[nH]c(=O)n2Cc2ccccc2)cc1. The van der Waals surface area contributed by atoms with Crippen molar-refractivity contribution >= 4 is 29.3 Å². The van der Waals surface area contributed by atoms with Crippen molar-refractivity contribution in [2.45, 2.75) is 18.6 Å². The topological polar surface area (TPSA) is 100 Å². The zero-order chi connectivity index (χ0) is 21.5. The van der Waals surface area contributed by atoms with E-state index in [-0.39, 0.29) is 29.8 Å². The molecule has 0 atom stereocenters. The fraction of sp³-hybridized carbons (Fsp3) is 0.238. The van der Waals surface area contributed by atoms with Crippen LogP contribution in [-0.4, -0.2) is 50.8 Å². The first-order valence-corrected chi connectivity index (χ1v) is 10.3. The van der Waals surface area contributed by atoms with E-state index < -0.39 is 0 Å². The molecule has 0 radical (unpaired) electrons. The molecule has 1 heterocycles. The number of nitrogens with zero attached hydrogens (tertiary/aromatic N) is 3. The maximum absolute atomic E-state index is 12.4. The van der Waals surface area contributed by atoms with Crippen molar-refractivity contribution in [2.24, 2.45) is 0 Å². The smallest absolute Gasteiger partial charge is 0.336 e. The summed E-state index contributed by atoms with van der Waals surface area (Å²) in [6.07, 6.45) is 0. The van der Waals surface area contributed by atoms with Crippen molar-refractivity contribution in [3.8, 4) is 0 Å². The van der Waals surface area contributed by atoms with Crippen LogP contribution in [0.2, 0.25) is 0 Å². The average Bonchev–Trinajstić information content (AvgIpc) is 3.08. The molecule has 0 spiro atoms. The summed E-state index contributed by atoms with van der Waals surface area (Å²) >= 11 is 1.15. The molecule has 0 aliphatic rings. The molecule has 0 aliphatic heterocycles. The molecule has 2 amide bonds. The van der Waals surface area contributed by atoms with E-state index in [1.807, 2.05) is 61.5 Å². The Balaban J connectivity index is 1.53. The number of anilines is 1. The Kier molecular flexibility index (Phi) is 7.08. The second-order valence-electron chi connectivity index (χ2n) is 6.84. The van der Waals surface area contributed by atoms with E-state index in [1.165, 1.54) is 9.47 Å². The number of likely N-dealkylation sites (N-methyl/N-ethyl adjacent to an activating group) is 1. The second-order valence-corrected chi connectivity index (χ2v) is 7.78. The molecule has 2 N–H and O–H groups in total. The van der Waals surface area contributed by atoms with Crippen molar-refractivity contribution in [3.05, 3.63) is 76.2 Å². The first-order chi connectivity index (χ1) is 14.4. The van der Waals surface area contributed by atoms with Crippen LogP contribution in [0.25, 0.3) is 0 Å². The maximum Gasteiger partial charge on any atom is 0.344 e. The number of nitrogens with one attached hydrogen (secondary N) is 2. The summed E-state index contributed by atoms with van der Waals surface area (Å²) in [5, 5.41) is 9.62. The summed E-state index contributed by atoms with van der Waals surface area (Å²) in [6.45, 7) is 2.26. The van der Waals surface area contributed by atoms with Gasteiger partial charge in [-0.15, -0.1) is 5.10 Å². The van der Waals surface area contributed by atoms with E-state index in [4.69, 9.17) is 0 Å². The molecule has 0 saturated carbocycles. The van der Waals surface area contributed by atoms with Crippen LogP contribution in [0.5, 0.6) is 0 Å². The molecule has 0 fully saturated rings. The van der Waals surface area contributed by atoms with Crippen LogP contribution in [0.4, 0.5) is 5.69 Å². The Morgan fingerprint density at radius 2 is 1.83 bits per heavy atom. The number of benzene rings is 2. The van der Waals surface area contributed by atoms with E-state index in [9.17, 15) is 14.4 Å². The van der Waals surface area contributed by atoms with Gasteiger partial charge in [-0.3, -0.25) is 14.2 Å². The largest absolute Gasteiger partial charge is 0.344 e. The second kappa shape index (κ2) is 9.93. The fourth-order valence-electron chi connectivity index (χ4n) is 2.70. The highest BCUT2D eigenvalue weighted by molar-refractivity contribution is 7.99. The fourth-order valence-corrected chi connectivity index (χ4v) is 3.58. The Morgan fingerprint density at radius 1 is 1.13 bits per heavy atom. The predicted octanol–water partition coefficient (Wildman–Crippen LogP) is 2.12. The van der Waals surface area contributed by atoms with E-state index in [2.05, 4.69) is 15.5 Å². The van der Waals surface area contributed by atoms with Gasteiger partial charge in [0.1, 0.15) is 0 Å². The van der Waals surface area contributed by atoms with E-state index in [0.717, 1.165) is 22.9 Å². The van der Waals surface area contributed by atoms with Crippen molar-refractivity contribution in [1.82, 2.24) is 19.7 Å². The lowest BCUT2D eigenvalue weighted by Gasteiger charge is -2.16. The molecule has 3 aromatic rings. The molecular formula is C21H23N5O3S. The minimum Gasteiger partial charge on any atom is -0.336 e. The number of hydrogen-bond acceptors (Lipinski definition) is 5. The normalized spacial score (nSPS) is 10.6. The Bertz CT molecular complexity index is 1060. The molecule has 8 nitrogen and oxygen atoms in total. The highest BCUT2D eigenvalue weighted by atomic mass is 32.2. The lowest BCUT2D eigenvalue weighted by Crippen LogP contribution is -2.36. The molecule has 0 bridgehead atoms. The van der Waals surface area contributed by atoms with Gasteiger partial charge in [0.15, 0.2) is 5.16 Å². The molecule has 156 valence electrons. The lowest BCUT2D eigenvalue weighted by molar-refractivity contribution is -0.131. The van der Waals surface area contributed by atoms with E-state index >= 15 is 0 Å². The van der Waals surface area contributed by atoms with Gasteiger partial charge in [-0.2, -0.15) is 0 Å². The quantitative estimate of drug-likeness (QED) is 0.539. The standard InChI is InChI=1S/C21H23N5O3S/c1-15-8-10-17(11-9-15)22-18(27)13-25(2)19(28)14-30-21-24-23-20(29)26(21)12-16-6-4-3-5-7-16/h3-11H,12-14H2,1-2H3,(H,22,27)(H,23,29). The number of thioether (sulfide) groups is 1. The van der Waals surface area contributed by atoms with Gasteiger partial charge >= 0.3 is 5.69 Å². The maximum atomic E-state index is 12.4. The monoisotopic (exact) mass is 425 g/mol. The summed E-state index contributed by atoms with van der Waals surface area (Å²) in [6, 6.07) is 17.0. The van der Waals surface area contributed by atoms with Gasteiger partial charge in [0.2, 0.25) is 11.8 Å². The molecule has 3 rings (SSSR count). The van der Waals surface area contributed by atoms with Crippen LogP contribution in [0.3, 0.4) is 0 Å². The van der Waals surface area contributed by atoms with Gasteiger partial charge < -0.3 is 10.2 Å². The summed E-state index contributed by atoms with van der Waals surface area (Å²) in [4.78, 5) is 38.0. The van der Waals surface area contributed by atoms with Gasteiger partial charge in [-0.25, -0.2) is 9.89 Å². The highest BCUT2D eigenvalue weighted by Gasteiger charge is 2.16. The predicted molar refractivity (Wildman–Crippen MR) is 117 cm³/mol. The molecule has 1 aromatic heterocycles. The van der Waals surface area contributed by atoms with Gasteiger partial charge in [0, 0.05) is 12.7 Å². The number of aromatic amines is 1. The lowest BCUT2D eigenvalue weighted by atomic mass is 10.2. The third-order valence-electron chi connectivity index (χ3n) is 4.37. The number of carbonyl (C=O) groups is 2. The van der Waals surface area contributed by atoms with Crippen LogP contribution < -0.4 is 11.0 Å². The zero-order valence-corrected chi connectivity index (χ0v) is 17.6. The zero-order valence-electron chi connectivity index (χ0n) is 16.8. The van der Waals surface area contributed by atoms with Crippen LogP contribution in [0.1, 0.15) is 11.1 Å². The third kappa shape index (κ3) is 5.84. The van der Waals surface area contributed by atoms with E-state index in [0.29, 0.717) is 17.4 Å². The first kappa shape index (κ1) is 21.4. The van der Waals surface area contributed by atoms with Crippen LogP contribution in [0.15, 0.2) is 64.5 Å². The Morgan fingerprint density at radius 3 is 2.53 bits per heavy atom. The van der Waals surface area contributed by atoms with E-state index in [1.54, 1.807) is 7.05 Å². The Labute approximate surface area is 178 Å². The van der Waals surface area contributed by atoms with Gasteiger partial charge in [0.05, 0.1) is 18.8 Å². The van der Waals surface area contributed by atoms with Gasteiger partial charge in [-0.1, -0.05) is 59.8 Å². The van der Waals surface area contributed by atoms with Crippen molar-refractivity contribution in [3.63, 3.8) is 0 Å². The van der Waals surface area contributed by atoms with Crippen LogP contribution >= 0.6 is 11.8 Å². The first-order valence-electron chi connectivity index (χ1n) is 9.35. The molecule has 0 unspecified atom stereocenters. The van der Waals surface area contributed by atoms with Crippen LogP contribution in [-0.2, 0) is 16.1 Å². The number of H-pyrrole nitrogens is 1. The number of amides is 2. The average molecular weight is 426 g/mol. The van der Waals surface area contributed by atoms with Crippen molar-refractivity contribution < 1.29 is 9.59 Å². The number of rotatable bonds is 8. The summed E-state index contributed by atoms with van der Waals surface area (Å²) in [5.74, 6) is -0.450. The highest BCUT2D eigenvalue weighted by Crippen LogP contribution is 2.15. The molecule has 0 aliphatic carbocycles. The number of hydrogen-bond donors (Lipinski definition) is 2. The van der Waals surface area contributed by atoms with Gasteiger partial charge in [-0.05, 0) is 24.6 Å². The summed E-state index contributed by atoms with van der Waals surface area (Å²) in [7, 11) is 1.57. The molecule has 9 heteroatoms. The summed E-state index contributed by atoms with van der Waals surface area (Å²) in [5.41, 5.74) is 2.41. The number of aromatic nitrogens is 3. The number of carbonyl (C=O) groups excluding carboxylic acids is 2. The minimum atomic E-state index is -0.334. The molecule has 2 aromatic carbocycles. The van der Waals surface area contributed by atoms with Crippen molar-refractivity contribution in [1.29, 1.82) is 0 Å². The minimum absolute atomic E-state index is 0.0629. The third-order valence-corrected chi connectivity index (χ3v) is 5.33. The van der Waals surface area contributed by atoms with Gasteiger partial charge in [0.25, 0.3) is 0 Å². The molecule has 30 heavy (non-hydrogen) atoms. The molecular weight excluding hydrogens is 402 g/mol. The Hall–Kier alpha value is -3.33. The molecule has 0 saturated heterocycles. The summed E-state index contributed by atoms with van der Waals surface area (Å²) < 4.78 is 1.48. The number of aryl methyl sites for hydroxylation is 1. The van der Waals surface area contributed by atoms with Crippen LogP contribution in [0, 0.1) is 6.92 Å².